The van der Waals surface area contributed by atoms with Crippen molar-refractivity contribution >= 4 is 23.3 Å². The molecule has 0 saturated heterocycles. The van der Waals surface area contributed by atoms with Crippen molar-refractivity contribution in [3.8, 4) is 23.0 Å². The second-order valence-corrected chi connectivity index (χ2v) is 10.1. The first-order valence-corrected chi connectivity index (χ1v) is 13.9. The van der Waals surface area contributed by atoms with E-state index in [0.717, 1.165) is 0 Å². The van der Waals surface area contributed by atoms with E-state index in [-0.39, 0.29) is 30.5 Å². The molecule has 0 fully saturated rings. The predicted molar refractivity (Wildman–Crippen MR) is 163 cm³/mol. The fourth-order valence-corrected chi connectivity index (χ4v) is 4.07. The highest BCUT2D eigenvalue weighted by Crippen LogP contribution is 2.34. The van der Waals surface area contributed by atoms with Crippen molar-refractivity contribution in [3.05, 3.63) is 77.4 Å². The molecule has 224 valence electrons. The third-order valence-electron chi connectivity index (χ3n) is 5.79. The molecule has 0 spiro atoms. The van der Waals surface area contributed by atoms with Gasteiger partial charge in [-0.05, 0) is 89.2 Å². The van der Waals surface area contributed by atoms with Crippen LogP contribution in [-0.4, -0.2) is 36.5 Å². The van der Waals surface area contributed by atoms with E-state index in [9.17, 15) is 9.59 Å². The van der Waals surface area contributed by atoms with Crippen molar-refractivity contribution in [2.75, 3.05) is 11.9 Å². The molecule has 2 amide bonds. The first kappa shape index (κ1) is 31.8. The Balaban J connectivity index is 1.95. The number of anilines is 1. The van der Waals surface area contributed by atoms with Gasteiger partial charge < -0.3 is 35.3 Å². The van der Waals surface area contributed by atoms with Crippen LogP contribution in [0.25, 0.3) is 0 Å². The average Bonchev–Trinajstić information content (AvgIpc) is 2.92. The van der Waals surface area contributed by atoms with Crippen LogP contribution in [0.3, 0.4) is 0 Å². The predicted octanol–water partition coefficient (Wildman–Crippen LogP) is 5.34. The van der Waals surface area contributed by atoms with Crippen LogP contribution in [0, 0.1) is 5.41 Å². The number of hydrogen-bond acceptors (Lipinski definition) is 7. The average molecular weight is 577 g/mol. The molecular formula is C32H40N4O6. The summed E-state index contributed by atoms with van der Waals surface area (Å²) in [6.07, 6.45) is -1.22. The summed E-state index contributed by atoms with van der Waals surface area (Å²) in [6, 6.07) is 17.1. The van der Waals surface area contributed by atoms with E-state index in [4.69, 9.17) is 30.1 Å². The Kier molecular flexibility index (Phi) is 11.2. The lowest BCUT2D eigenvalue weighted by molar-refractivity contribution is -0.128. The second kappa shape index (κ2) is 14.8. The van der Waals surface area contributed by atoms with Crippen molar-refractivity contribution < 1.29 is 28.5 Å². The van der Waals surface area contributed by atoms with Gasteiger partial charge in [0.05, 0.1) is 18.8 Å². The first-order valence-electron chi connectivity index (χ1n) is 13.9. The monoisotopic (exact) mass is 576 g/mol. The fourth-order valence-electron chi connectivity index (χ4n) is 4.07. The summed E-state index contributed by atoms with van der Waals surface area (Å²) >= 11 is 0. The Labute approximate surface area is 247 Å². The summed E-state index contributed by atoms with van der Waals surface area (Å²) in [4.78, 5) is 25.4. The zero-order chi connectivity index (χ0) is 30.8. The number of nitrogens with two attached hydrogens (primary N) is 1. The Morgan fingerprint density at radius 3 is 2.10 bits per heavy atom. The van der Waals surface area contributed by atoms with Gasteiger partial charge in [-0.25, -0.2) is 0 Å². The molecule has 0 saturated carbocycles. The summed E-state index contributed by atoms with van der Waals surface area (Å²) in [6.45, 7) is 11.5. The van der Waals surface area contributed by atoms with Crippen LogP contribution in [0.1, 0.15) is 64.3 Å². The quantitative estimate of drug-likeness (QED) is 0.150. The number of rotatable bonds is 14. The van der Waals surface area contributed by atoms with Crippen molar-refractivity contribution in [3.63, 3.8) is 0 Å². The number of amides is 2. The number of nitrogens with one attached hydrogen (secondary N) is 3. The van der Waals surface area contributed by atoms with Gasteiger partial charge in [-0.3, -0.25) is 15.0 Å². The van der Waals surface area contributed by atoms with E-state index in [0.29, 0.717) is 52.0 Å². The zero-order valence-corrected chi connectivity index (χ0v) is 24.9. The van der Waals surface area contributed by atoms with Crippen molar-refractivity contribution in [2.24, 2.45) is 5.73 Å². The van der Waals surface area contributed by atoms with Gasteiger partial charge in [0.1, 0.15) is 17.3 Å². The third-order valence-corrected chi connectivity index (χ3v) is 5.79. The summed E-state index contributed by atoms with van der Waals surface area (Å²) in [5, 5.41) is 13.4. The lowest BCUT2D eigenvalue weighted by Gasteiger charge is -2.22. The minimum Gasteiger partial charge on any atom is -0.491 e. The molecule has 0 heterocycles. The normalized spacial score (nSPS) is 11.5. The lowest BCUT2D eigenvalue weighted by atomic mass is 10.1. The number of hydrogen-bond donors (Lipinski definition) is 4. The van der Waals surface area contributed by atoms with Crippen LogP contribution in [-0.2, 0) is 16.1 Å². The highest BCUT2D eigenvalue weighted by molar-refractivity contribution is 5.95. The minimum absolute atomic E-state index is 0.0688. The highest BCUT2D eigenvalue weighted by Gasteiger charge is 2.25. The standard InChI is InChI=1S/C32H40N4O6/c1-7-39-29-17-23(10-14-28(29)41-20(4)5)30(42-26-12-8-22(9-13-26)31(33)34)32(38)35-18-24-16-25(36-21(6)37)11-15-27(24)40-19(2)3/h8-17,19-20,30H,7,18H2,1-6H3,(H3,33,34)(H,35,38)(H,36,37). The Hall–Kier alpha value is -4.73. The maximum Gasteiger partial charge on any atom is 0.266 e. The van der Waals surface area contributed by atoms with E-state index in [2.05, 4.69) is 10.6 Å². The van der Waals surface area contributed by atoms with Crippen LogP contribution in [0.2, 0.25) is 0 Å². The molecule has 0 radical (unpaired) electrons. The van der Waals surface area contributed by atoms with Crippen LogP contribution < -0.4 is 35.3 Å². The number of nitrogen functional groups attached to an aromatic ring is 1. The van der Waals surface area contributed by atoms with Crippen LogP contribution >= 0.6 is 0 Å². The van der Waals surface area contributed by atoms with Gasteiger partial charge in [0, 0.05) is 35.8 Å². The minimum atomic E-state index is -1.06. The van der Waals surface area contributed by atoms with Gasteiger partial charge in [-0.15, -0.1) is 0 Å². The number of carbonyl (C=O) groups excluding carboxylic acids is 2. The van der Waals surface area contributed by atoms with Crippen LogP contribution in [0.4, 0.5) is 5.69 Å². The smallest absolute Gasteiger partial charge is 0.266 e. The number of ether oxygens (including phenoxy) is 4. The molecule has 10 heteroatoms. The topological polar surface area (TPSA) is 145 Å². The molecule has 0 bridgehead atoms. The largest absolute Gasteiger partial charge is 0.491 e. The van der Waals surface area contributed by atoms with Gasteiger partial charge in [0.2, 0.25) is 12.0 Å². The third kappa shape index (κ3) is 9.15. The molecule has 3 aromatic rings. The Morgan fingerprint density at radius 2 is 1.50 bits per heavy atom. The molecule has 1 unspecified atom stereocenters. The molecule has 0 aromatic heterocycles. The fraction of sp³-hybridized carbons (Fsp3) is 0.344. The Bertz CT molecular complexity index is 1390. The molecule has 1 atom stereocenters. The van der Waals surface area contributed by atoms with Gasteiger partial charge >= 0.3 is 0 Å². The van der Waals surface area contributed by atoms with Crippen LogP contribution in [0.5, 0.6) is 23.0 Å². The van der Waals surface area contributed by atoms with Gasteiger partial charge in [0.15, 0.2) is 11.5 Å². The zero-order valence-electron chi connectivity index (χ0n) is 24.9. The molecule has 3 rings (SSSR count). The van der Waals surface area contributed by atoms with Crippen molar-refractivity contribution in [2.45, 2.75) is 66.4 Å². The lowest BCUT2D eigenvalue weighted by Crippen LogP contribution is -2.32. The SMILES string of the molecule is CCOc1cc(C(Oc2ccc(C(=N)N)cc2)C(=O)NCc2cc(NC(C)=O)ccc2OC(C)C)ccc1OC(C)C. The second-order valence-electron chi connectivity index (χ2n) is 10.1. The van der Waals surface area contributed by atoms with E-state index in [1.165, 1.54) is 6.92 Å². The summed E-state index contributed by atoms with van der Waals surface area (Å²) in [5.74, 6) is 1.37. The summed E-state index contributed by atoms with van der Waals surface area (Å²) in [5.41, 5.74) is 7.95. The molecule has 0 aliphatic heterocycles. The highest BCUT2D eigenvalue weighted by atomic mass is 16.5. The van der Waals surface area contributed by atoms with E-state index in [1.54, 1.807) is 60.7 Å². The van der Waals surface area contributed by atoms with Gasteiger partial charge in [-0.1, -0.05) is 6.07 Å². The van der Waals surface area contributed by atoms with Crippen LogP contribution in [0.15, 0.2) is 60.7 Å². The molecule has 0 aliphatic carbocycles. The summed E-state index contributed by atoms with van der Waals surface area (Å²) < 4.78 is 23.9. The van der Waals surface area contributed by atoms with Gasteiger partial charge in [0.25, 0.3) is 5.91 Å². The maximum atomic E-state index is 13.8. The van der Waals surface area contributed by atoms with Crippen molar-refractivity contribution in [1.82, 2.24) is 5.32 Å². The van der Waals surface area contributed by atoms with E-state index < -0.39 is 12.0 Å². The molecule has 5 N–H and O–H groups in total. The Morgan fingerprint density at radius 1 is 0.857 bits per heavy atom. The molecule has 10 nitrogen and oxygen atoms in total. The number of benzene rings is 3. The molecular weight excluding hydrogens is 536 g/mol. The number of carbonyl (C=O) groups is 2. The molecule has 3 aromatic carbocycles. The summed E-state index contributed by atoms with van der Waals surface area (Å²) in [7, 11) is 0. The van der Waals surface area contributed by atoms with Crippen molar-refractivity contribution in [1.29, 1.82) is 5.41 Å². The molecule has 0 aliphatic rings. The van der Waals surface area contributed by atoms with E-state index >= 15 is 0 Å². The first-order chi connectivity index (χ1) is 20.0. The van der Waals surface area contributed by atoms with E-state index in [1.807, 2.05) is 34.6 Å². The molecule has 42 heavy (non-hydrogen) atoms. The maximum absolute atomic E-state index is 13.8. The van der Waals surface area contributed by atoms with Gasteiger partial charge in [-0.2, -0.15) is 0 Å². The number of amidine groups is 1.